The SMILES string of the molecule is Cc1ncnc2c1ccn2[C@@H]1C[C@@]2(C=C[C@@H](c3ccc4cc(Br)c(Cl)nc4c3)C2)[C@@H](O)[C@H]1O.Cc1ncnc2c1ccn2[C@@H]1C[C@@]2(C=C[C@H](c3ccc4cc(Br)c(Cl)nc4c3)C2)[C@@H](O)[C@H]1O.Cc1ncnc2c1ccn2[C@@H]1C[C@@]2(CS[C@@H](c3ccc4cc(Br)c(N)nc4c3)C2)[C@@H](O)[C@H]1O.Cc1ncnc2c1ccn2[C@@H]1C[C@@]2(CS[C@H](c3ccc4cc(Br)c(N)nc4c3)C2)[C@@H](O)[C@H]1O. The topological polar surface area (TPSA) is 388 Å². The molecule has 34 heteroatoms. The number of nitrogens with zero attached hydrogens (tertiary/aromatic N) is 16. The molecule has 0 unspecified atom stereocenters. The van der Waals surface area contributed by atoms with Crippen LogP contribution in [-0.4, -0.2) is 179 Å². The molecule has 14 heterocycles. The molecule has 8 aliphatic rings. The Labute approximate surface area is 809 Å². The van der Waals surface area contributed by atoms with Crippen LogP contribution in [0.15, 0.2) is 214 Å². The number of nitrogens with two attached hydrogens (primary N) is 2. The number of rotatable bonds is 8. The molecule has 0 radical (unpaired) electrons. The van der Waals surface area contributed by atoms with Crippen molar-refractivity contribution in [3.8, 4) is 0 Å². The molecule has 0 bridgehead atoms. The molecule has 12 aromatic heterocycles. The zero-order valence-corrected chi connectivity index (χ0v) is 81.2. The molecule has 2 saturated heterocycles. The average molecular weight is 2100 g/mol. The Morgan fingerprint density at radius 3 is 0.985 bits per heavy atom. The molecule has 4 aromatic carbocycles. The lowest BCUT2D eigenvalue weighted by Gasteiger charge is -2.27. The molecule has 132 heavy (non-hydrogen) atoms. The van der Waals surface area contributed by atoms with Gasteiger partial charge in [-0.3, -0.25) is 0 Å². The second-order valence-electron chi connectivity index (χ2n) is 37.1. The minimum Gasteiger partial charge on any atom is -0.390 e. The summed E-state index contributed by atoms with van der Waals surface area (Å²) < 4.78 is 11.2. The smallest absolute Gasteiger partial charge is 0.143 e. The van der Waals surface area contributed by atoms with E-state index in [1.54, 1.807) is 25.3 Å². The third-order valence-electron chi connectivity index (χ3n) is 29.6. The van der Waals surface area contributed by atoms with Crippen molar-refractivity contribution in [2.24, 2.45) is 21.7 Å². The van der Waals surface area contributed by atoms with Crippen molar-refractivity contribution >= 4 is 210 Å². The summed E-state index contributed by atoms with van der Waals surface area (Å²) in [6.45, 7) is 7.81. The fourth-order valence-corrected chi connectivity index (χ4v) is 27.4. The highest BCUT2D eigenvalue weighted by Crippen LogP contribution is 2.63. The first kappa shape index (κ1) is 89.5. The van der Waals surface area contributed by atoms with Crippen LogP contribution in [0.25, 0.3) is 87.7 Å². The van der Waals surface area contributed by atoms with Crippen LogP contribution in [0.4, 0.5) is 11.6 Å². The van der Waals surface area contributed by atoms with Gasteiger partial charge < -0.3 is 70.6 Å². The van der Waals surface area contributed by atoms with E-state index in [-0.39, 0.29) is 57.3 Å². The molecule has 16 aromatic rings. The van der Waals surface area contributed by atoms with Crippen LogP contribution in [0, 0.1) is 49.4 Å². The number of aromatic nitrogens is 16. The lowest BCUT2D eigenvalue weighted by atomic mass is 9.80. The number of fused-ring (bicyclic) bond motifs is 8. The fraction of sp³-hybridized carbons (Fsp3) is 0.347. The molecule has 20 atom stereocenters. The number of aliphatic hydroxyl groups is 8. The van der Waals surface area contributed by atoms with Crippen molar-refractivity contribution in [3.63, 3.8) is 0 Å². The number of aliphatic hydroxyl groups excluding tert-OH is 8. The van der Waals surface area contributed by atoms with Crippen LogP contribution in [0.2, 0.25) is 10.3 Å². The minimum atomic E-state index is -0.881. The number of thioether (sulfide) groups is 2. The van der Waals surface area contributed by atoms with Gasteiger partial charge in [0.25, 0.3) is 0 Å². The second-order valence-corrected chi connectivity index (χ2v) is 43.6. The molecule has 6 fully saturated rings. The summed E-state index contributed by atoms with van der Waals surface area (Å²) in [5, 5.41) is 98.4. The van der Waals surface area contributed by atoms with Crippen molar-refractivity contribution in [3.05, 3.63) is 269 Å². The highest BCUT2D eigenvalue weighted by Gasteiger charge is 2.60. The molecule has 4 saturated carbocycles. The Morgan fingerprint density at radius 2 is 0.644 bits per heavy atom. The highest BCUT2D eigenvalue weighted by molar-refractivity contribution is 9.11. The second kappa shape index (κ2) is 34.6. The van der Waals surface area contributed by atoms with Gasteiger partial charge in [0.15, 0.2) is 0 Å². The van der Waals surface area contributed by atoms with E-state index < -0.39 is 59.7 Å². The van der Waals surface area contributed by atoms with Crippen LogP contribution in [0.5, 0.6) is 0 Å². The van der Waals surface area contributed by atoms with Gasteiger partial charge in [-0.25, -0.2) is 59.8 Å². The van der Waals surface area contributed by atoms with Gasteiger partial charge >= 0.3 is 0 Å². The van der Waals surface area contributed by atoms with Crippen LogP contribution < -0.4 is 11.5 Å². The summed E-state index contributed by atoms with van der Waals surface area (Å²) in [4.78, 5) is 52.9. The maximum absolute atomic E-state index is 11.2. The van der Waals surface area contributed by atoms with Crippen molar-refractivity contribution in [1.82, 2.24) is 78.1 Å². The minimum absolute atomic E-state index is 0.130. The molecule has 676 valence electrons. The predicted octanol–water partition coefficient (Wildman–Crippen LogP) is 18.5. The maximum atomic E-state index is 11.2. The van der Waals surface area contributed by atoms with Gasteiger partial charge in [-0.1, -0.05) is 96.0 Å². The lowest BCUT2D eigenvalue weighted by molar-refractivity contribution is -0.0204. The highest BCUT2D eigenvalue weighted by atomic mass is 79.9. The summed E-state index contributed by atoms with van der Waals surface area (Å²) in [6.07, 6.45) is 21.5. The first-order valence-corrected chi connectivity index (χ1v) is 49.9. The quantitative estimate of drug-likeness (QED) is 0.0499. The van der Waals surface area contributed by atoms with Gasteiger partial charge in [0.05, 0.1) is 111 Å². The molecule has 12 N–H and O–H groups in total. The van der Waals surface area contributed by atoms with Gasteiger partial charge in [-0.15, -0.1) is 0 Å². The van der Waals surface area contributed by atoms with Gasteiger partial charge in [-0.2, -0.15) is 23.5 Å². The summed E-state index contributed by atoms with van der Waals surface area (Å²) in [5.74, 6) is 2.81. The number of nitrogen functional groups attached to an aromatic ring is 2. The van der Waals surface area contributed by atoms with Crippen molar-refractivity contribution < 1.29 is 40.9 Å². The van der Waals surface area contributed by atoms with Crippen LogP contribution >= 0.6 is 110 Å². The first-order chi connectivity index (χ1) is 63.4. The van der Waals surface area contributed by atoms with Crippen LogP contribution in [0.1, 0.15) is 143 Å². The molecule has 6 aliphatic carbocycles. The zero-order chi connectivity index (χ0) is 91.6. The molecular weight excluding hydrogens is 2010 g/mol. The molecular formula is C98H92Br4Cl2N18O8S2. The molecule has 24 rings (SSSR count). The Morgan fingerprint density at radius 1 is 0.348 bits per heavy atom. The number of halogens is 6. The summed E-state index contributed by atoms with van der Waals surface area (Å²) in [6, 6.07) is 39.9. The van der Waals surface area contributed by atoms with E-state index in [1.807, 2.05) is 155 Å². The molecule has 0 amide bonds. The Hall–Kier alpha value is -9.04. The third kappa shape index (κ3) is 15.5. The van der Waals surface area contributed by atoms with Crippen LogP contribution in [0.3, 0.4) is 0 Å². The normalized spacial score (nSPS) is 29.3. The average Bonchev–Trinajstić information content (AvgIpc) is 1.59. The Balaban J connectivity index is 0.000000106. The van der Waals surface area contributed by atoms with E-state index in [0.717, 1.165) is 177 Å². The van der Waals surface area contributed by atoms with Gasteiger partial charge in [0, 0.05) is 123 Å². The molecule has 26 nitrogen and oxygen atoms in total. The lowest BCUT2D eigenvalue weighted by Crippen LogP contribution is -2.36. The zero-order valence-electron chi connectivity index (χ0n) is 71.8. The van der Waals surface area contributed by atoms with E-state index in [2.05, 4.69) is 208 Å². The van der Waals surface area contributed by atoms with Gasteiger partial charge in [0.1, 0.15) is 94.3 Å². The van der Waals surface area contributed by atoms with Crippen molar-refractivity contribution in [2.45, 2.75) is 174 Å². The number of benzene rings is 4. The number of pyridine rings is 4. The molecule has 4 spiro atoms. The van der Waals surface area contributed by atoms with Crippen LogP contribution in [-0.2, 0) is 0 Å². The number of hydrogen-bond acceptors (Lipinski definition) is 24. The van der Waals surface area contributed by atoms with E-state index in [4.69, 9.17) is 34.7 Å². The largest absolute Gasteiger partial charge is 0.390 e. The monoisotopic (exact) mass is 2100 g/mol. The number of allylic oxidation sites excluding steroid dienone is 2. The van der Waals surface area contributed by atoms with E-state index >= 15 is 0 Å². The van der Waals surface area contributed by atoms with E-state index in [9.17, 15) is 40.9 Å². The van der Waals surface area contributed by atoms with Gasteiger partial charge in [-0.05, 0) is 238 Å². The summed E-state index contributed by atoms with van der Waals surface area (Å²) in [5.41, 5.74) is 25.2. The standard InChI is InChI=1S/2C25H22BrClN4O2.2C24H24BrN5O2S/c2*1-13-17-5-7-31(24(17)29-12-28-13)20-11-25(22(33)21(20)32)6-4-16(10-25)14-2-3-15-8-18(26)23(27)30-19(15)9-14;2*1-12-15-4-5-30(23(15)28-11-27-12)18-8-24(21(32)20(18)31)9-19(33-10-24)14-3-2-13-6-16(25)22(26)29-17(13)7-14/h2*2-9,12,16,20-22,32-33H,10-11H2,1H3;2*2-7,11,18-21,31-32H,8-10H2,1H3,(H2,26,29)/t16-,20+,21-,22-,25-;16-,20-,21+,22+,25+;18-,19+,20+,21+,24-;18-,19-,20+,21+,24-/m0111/s1. The summed E-state index contributed by atoms with van der Waals surface area (Å²) >= 11 is 29.8. The van der Waals surface area contributed by atoms with Gasteiger partial charge in [0.2, 0.25) is 0 Å². The fourth-order valence-electron chi connectivity index (χ4n) is 22.4. The Kier molecular flexibility index (Phi) is 23.5. The number of hydrogen-bond donors (Lipinski definition) is 10. The third-order valence-corrected chi connectivity index (χ3v) is 36.3. The Bertz CT molecular complexity index is 6950. The number of anilines is 2. The summed E-state index contributed by atoms with van der Waals surface area (Å²) in [7, 11) is 0. The van der Waals surface area contributed by atoms with Crippen molar-refractivity contribution in [2.75, 3.05) is 23.0 Å². The van der Waals surface area contributed by atoms with E-state index in [0.29, 0.717) is 47.6 Å². The van der Waals surface area contributed by atoms with E-state index in [1.165, 1.54) is 11.1 Å². The number of aryl methyl sites for hydroxylation is 4. The molecule has 2 aliphatic heterocycles. The predicted molar refractivity (Wildman–Crippen MR) is 531 cm³/mol. The van der Waals surface area contributed by atoms with Crippen molar-refractivity contribution in [1.29, 1.82) is 0 Å². The first-order valence-electron chi connectivity index (χ1n) is 43.9. The maximum Gasteiger partial charge on any atom is 0.143 e.